The zero-order valence-corrected chi connectivity index (χ0v) is 20.4. The Labute approximate surface area is 207 Å². The third-order valence-corrected chi connectivity index (χ3v) is 5.07. The molecule has 1 radical (unpaired) electrons. The number of hydrogen-bond acceptors (Lipinski definition) is 4. The van der Waals surface area contributed by atoms with Crippen molar-refractivity contribution in [3.8, 4) is 16.9 Å². The van der Waals surface area contributed by atoms with Gasteiger partial charge in [0, 0.05) is 64.2 Å². The van der Waals surface area contributed by atoms with Gasteiger partial charge in [0.1, 0.15) is 11.6 Å². The summed E-state index contributed by atoms with van der Waals surface area (Å²) < 4.78 is 15.6. The summed E-state index contributed by atoms with van der Waals surface area (Å²) in [5.41, 5.74) is 3.13. The standard InChI is InChI=1S/C24H26FNO5.Na/c1-14(2)26-21-9-7-18(28)12-20(21)24(15-3-5-16(25)6-4-15)22(26)10-8-17(27)11-19(29)13-23(30)31;/h3-10,12,14,17,19,27-29H,11,13H2,1-2H3,(H,30,31);/b10-8+;/t17-,19-;/m0./s1. The van der Waals surface area contributed by atoms with E-state index >= 15 is 0 Å². The summed E-state index contributed by atoms with van der Waals surface area (Å²) in [5, 5.41) is 39.7. The second-order valence-corrected chi connectivity index (χ2v) is 7.85. The minimum atomic E-state index is -1.17. The zero-order chi connectivity index (χ0) is 22.7. The van der Waals surface area contributed by atoms with Gasteiger partial charge in [-0.2, -0.15) is 0 Å². The molecule has 1 aromatic heterocycles. The van der Waals surface area contributed by atoms with E-state index in [0.717, 1.165) is 27.7 Å². The number of benzene rings is 2. The van der Waals surface area contributed by atoms with Crippen molar-refractivity contribution in [2.24, 2.45) is 0 Å². The van der Waals surface area contributed by atoms with Gasteiger partial charge in [0.2, 0.25) is 0 Å². The van der Waals surface area contributed by atoms with Crippen molar-refractivity contribution in [1.82, 2.24) is 4.57 Å². The summed E-state index contributed by atoms with van der Waals surface area (Å²) in [5.74, 6) is -1.40. The molecular weight excluding hydrogens is 424 g/mol. The maximum Gasteiger partial charge on any atom is 0.305 e. The summed E-state index contributed by atoms with van der Waals surface area (Å²) in [6.07, 6.45) is 0.442. The number of aliphatic carboxylic acids is 1. The SMILES string of the molecule is CC(C)n1c(/C=C/[C@H](O)C[C@H](O)CC(=O)O)c(-c2ccc(F)cc2)c2cc(O)ccc21.[Na]. The minimum absolute atomic E-state index is 0. The van der Waals surface area contributed by atoms with Gasteiger partial charge in [0.25, 0.3) is 0 Å². The van der Waals surface area contributed by atoms with Crippen LogP contribution in [-0.2, 0) is 4.79 Å². The van der Waals surface area contributed by atoms with Crippen molar-refractivity contribution >= 4 is 52.5 Å². The fourth-order valence-corrected chi connectivity index (χ4v) is 3.81. The largest absolute Gasteiger partial charge is 0.508 e. The average Bonchev–Trinajstić information content (AvgIpc) is 2.99. The van der Waals surface area contributed by atoms with Crippen molar-refractivity contribution in [1.29, 1.82) is 0 Å². The molecule has 0 aliphatic rings. The fraction of sp³-hybridized carbons (Fsp3) is 0.292. The summed E-state index contributed by atoms with van der Waals surface area (Å²) in [6.45, 7) is 4.01. The number of phenols is 1. The number of phenolic OH excluding ortho intramolecular Hbond substituents is 1. The maximum absolute atomic E-state index is 13.5. The van der Waals surface area contributed by atoms with E-state index in [1.54, 1.807) is 30.3 Å². The first-order chi connectivity index (χ1) is 14.7. The Balaban J connectivity index is 0.00000363. The quantitative estimate of drug-likeness (QED) is 0.389. The monoisotopic (exact) mass is 450 g/mol. The maximum atomic E-state index is 13.5. The van der Waals surface area contributed by atoms with Crippen LogP contribution in [0.2, 0.25) is 0 Å². The normalized spacial score (nSPS) is 13.4. The Hall–Kier alpha value is -2.16. The molecule has 165 valence electrons. The van der Waals surface area contributed by atoms with Gasteiger partial charge in [-0.1, -0.05) is 18.2 Å². The number of aliphatic hydroxyl groups excluding tert-OH is 2. The van der Waals surface area contributed by atoms with Crippen LogP contribution in [0.3, 0.4) is 0 Å². The van der Waals surface area contributed by atoms with Gasteiger partial charge in [-0.25, -0.2) is 4.39 Å². The van der Waals surface area contributed by atoms with E-state index in [1.165, 1.54) is 18.2 Å². The van der Waals surface area contributed by atoms with Crippen LogP contribution in [0.25, 0.3) is 28.1 Å². The number of aliphatic hydroxyl groups is 2. The van der Waals surface area contributed by atoms with E-state index in [0.29, 0.717) is 0 Å². The van der Waals surface area contributed by atoms with E-state index < -0.39 is 24.6 Å². The number of hydrogen-bond donors (Lipinski definition) is 4. The van der Waals surface area contributed by atoms with E-state index in [4.69, 9.17) is 5.11 Å². The Kier molecular flexibility index (Phi) is 9.07. The van der Waals surface area contributed by atoms with Gasteiger partial charge in [-0.15, -0.1) is 0 Å². The molecule has 0 amide bonds. The van der Waals surface area contributed by atoms with Crippen LogP contribution in [0.4, 0.5) is 4.39 Å². The molecular formula is C24H26FNNaO5. The molecule has 8 heteroatoms. The van der Waals surface area contributed by atoms with Crippen molar-refractivity contribution in [3.05, 3.63) is 60.1 Å². The number of rotatable bonds is 8. The molecule has 32 heavy (non-hydrogen) atoms. The molecule has 2 aromatic carbocycles. The molecule has 0 saturated heterocycles. The molecule has 0 fully saturated rings. The molecule has 0 aliphatic carbocycles. The predicted octanol–water partition coefficient (Wildman–Crippen LogP) is 3.95. The number of aromatic nitrogens is 1. The number of halogens is 1. The van der Waals surface area contributed by atoms with Gasteiger partial charge in [-0.3, -0.25) is 4.79 Å². The minimum Gasteiger partial charge on any atom is -0.508 e. The van der Waals surface area contributed by atoms with Crippen LogP contribution in [0.1, 0.15) is 38.4 Å². The smallest absolute Gasteiger partial charge is 0.305 e. The van der Waals surface area contributed by atoms with Gasteiger partial charge in [-0.05, 0) is 55.8 Å². The first-order valence-electron chi connectivity index (χ1n) is 10.1. The van der Waals surface area contributed by atoms with Crippen LogP contribution in [0.15, 0.2) is 48.5 Å². The van der Waals surface area contributed by atoms with Gasteiger partial charge in [0.05, 0.1) is 18.6 Å². The van der Waals surface area contributed by atoms with Crippen LogP contribution in [0.5, 0.6) is 5.75 Å². The van der Waals surface area contributed by atoms with E-state index in [-0.39, 0.29) is 53.6 Å². The molecule has 2 atom stereocenters. The van der Waals surface area contributed by atoms with Crippen molar-refractivity contribution in [2.75, 3.05) is 0 Å². The number of fused-ring (bicyclic) bond motifs is 1. The summed E-state index contributed by atoms with van der Waals surface area (Å²) in [7, 11) is 0. The molecule has 0 unspecified atom stereocenters. The van der Waals surface area contributed by atoms with E-state index in [2.05, 4.69) is 0 Å². The molecule has 0 spiro atoms. The first kappa shape index (κ1) is 26.1. The van der Waals surface area contributed by atoms with Gasteiger partial charge >= 0.3 is 5.97 Å². The number of carbonyl (C=O) groups is 1. The second kappa shape index (κ2) is 11.1. The molecule has 6 nitrogen and oxygen atoms in total. The van der Waals surface area contributed by atoms with Crippen molar-refractivity contribution < 1.29 is 29.6 Å². The summed E-state index contributed by atoms with van der Waals surface area (Å²) in [4.78, 5) is 10.7. The number of nitrogens with zero attached hydrogens (tertiary/aromatic N) is 1. The molecule has 1 heterocycles. The van der Waals surface area contributed by atoms with E-state index in [1.807, 2.05) is 24.5 Å². The molecule has 3 rings (SSSR count). The van der Waals surface area contributed by atoms with Crippen molar-refractivity contribution in [2.45, 2.75) is 44.9 Å². The fourth-order valence-electron chi connectivity index (χ4n) is 3.81. The summed E-state index contributed by atoms with van der Waals surface area (Å²) >= 11 is 0. The second-order valence-electron chi connectivity index (χ2n) is 7.85. The zero-order valence-electron chi connectivity index (χ0n) is 18.4. The van der Waals surface area contributed by atoms with Gasteiger partial charge in [0.15, 0.2) is 0 Å². The summed E-state index contributed by atoms with van der Waals surface area (Å²) in [6, 6.07) is 11.1. The van der Waals surface area contributed by atoms with Crippen LogP contribution in [0, 0.1) is 5.82 Å². The van der Waals surface area contributed by atoms with Crippen LogP contribution >= 0.6 is 0 Å². The molecule has 4 N–H and O–H groups in total. The Morgan fingerprint density at radius 2 is 1.78 bits per heavy atom. The molecule has 0 bridgehead atoms. The average molecular weight is 450 g/mol. The Morgan fingerprint density at radius 3 is 2.38 bits per heavy atom. The third kappa shape index (κ3) is 5.99. The topological polar surface area (TPSA) is 103 Å². The number of carboxylic acid groups (broad SMARTS) is 1. The number of aromatic hydroxyl groups is 1. The number of carboxylic acids is 1. The van der Waals surface area contributed by atoms with Crippen molar-refractivity contribution in [3.63, 3.8) is 0 Å². The molecule has 3 aromatic rings. The van der Waals surface area contributed by atoms with Gasteiger partial charge < -0.3 is 25.0 Å². The molecule has 0 saturated carbocycles. The predicted molar refractivity (Wildman–Crippen MR) is 123 cm³/mol. The Morgan fingerprint density at radius 1 is 1.12 bits per heavy atom. The third-order valence-electron chi connectivity index (χ3n) is 5.07. The van der Waals surface area contributed by atoms with Crippen LogP contribution < -0.4 is 0 Å². The van der Waals surface area contributed by atoms with E-state index in [9.17, 15) is 24.5 Å². The Bertz CT molecular complexity index is 1110. The first-order valence-corrected chi connectivity index (χ1v) is 10.1. The van der Waals surface area contributed by atoms with Crippen LogP contribution in [-0.4, -0.2) is 72.7 Å². The molecule has 0 aliphatic heterocycles.